The first-order valence-electron chi connectivity index (χ1n) is 17.1. The van der Waals surface area contributed by atoms with Gasteiger partial charge in [0.15, 0.2) is 16.9 Å². The summed E-state index contributed by atoms with van der Waals surface area (Å²) in [5.41, 5.74) is 1.55. The number of nitrogens with zero attached hydrogens (tertiary/aromatic N) is 5. The molecule has 0 spiro atoms. The lowest BCUT2D eigenvalue weighted by Crippen LogP contribution is -2.44. The van der Waals surface area contributed by atoms with E-state index in [0.717, 1.165) is 5.56 Å². The molecule has 22 heteroatoms. The van der Waals surface area contributed by atoms with Crippen LogP contribution in [0.4, 0.5) is 36.4 Å². The highest BCUT2D eigenvalue weighted by Gasteiger charge is 2.45. The summed E-state index contributed by atoms with van der Waals surface area (Å²) < 4.78 is 45.2. The van der Waals surface area contributed by atoms with Crippen LogP contribution in [-0.4, -0.2) is 78.7 Å². The predicted molar refractivity (Wildman–Crippen MR) is 206 cm³/mol. The minimum atomic E-state index is -4.65. The van der Waals surface area contributed by atoms with Gasteiger partial charge in [-0.3, -0.25) is 19.0 Å². The summed E-state index contributed by atoms with van der Waals surface area (Å²) in [4.78, 5) is 65.9. The molecule has 0 radical (unpaired) electrons. The molecule has 5 aromatic rings. The van der Waals surface area contributed by atoms with Crippen LogP contribution in [0.15, 0.2) is 79.1 Å². The van der Waals surface area contributed by atoms with Crippen LogP contribution in [0.1, 0.15) is 35.2 Å². The Labute approximate surface area is 341 Å². The molecule has 1 aliphatic carbocycles. The highest BCUT2D eigenvalue weighted by molar-refractivity contribution is 6.41. The van der Waals surface area contributed by atoms with Gasteiger partial charge in [-0.1, -0.05) is 46.9 Å². The number of hydrogen-bond donors (Lipinski definition) is 6. The maximum Gasteiger partial charge on any atom is 0.422 e. The molecule has 1 aliphatic rings. The summed E-state index contributed by atoms with van der Waals surface area (Å²) in [6.07, 6.45) is -2.12. The molecule has 0 bridgehead atoms. The highest BCUT2D eigenvalue weighted by atomic mass is 35.5. The second kappa shape index (κ2) is 17.5. The van der Waals surface area contributed by atoms with Gasteiger partial charge in [0.1, 0.15) is 12.4 Å². The van der Waals surface area contributed by atoms with Crippen LogP contribution < -0.4 is 31.3 Å². The molecule has 6 rings (SSSR count). The third kappa shape index (κ3) is 10.8. The molecule has 0 unspecified atom stereocenters. The third-order valence-electron chi connectivity index (χ3n) is 8.48. The van der Waals surface area contributed by atoms with Gasteiger partial charge in [-0.2, -0.15) is 28.1 Å². The SMILES string of the molecule is O=C(NCC[C@H](NC(=O)c1ccc(Nc2nc(NC3(c4ccc(Cl)cc4)CC3)nc(OCC(F)(F)F)n2)cc1)C(=O)O)C(=O)Nc1ccc(-n2cnc(Cl)c2Cl)cc1. The lowest BCUT2D eigenvalue weighted by molar-refractivity contribution is -0.154. The van der Waals surface area contributed by atoms with E-state index in [9.17, 15) is 37.5 Å². The van der Waals surface area contributed by atoms with E-state index in [-0.39, 0.29) is 46.4 Å². The molecular formula is C36H30Cl3F3N10O6. The Balaban J connectivity index is 1.02. The topological polar surface area (TPSA) is 214 Å². The monoisotopic (exact) mass is 860 g/mol. The number of benzene rings is 3. The van der Waals surface area contributed by atoms with Crippen LogP contribution in [0.3, 0.4) is 0 Å². The van der Waals surface area contributed by atoms with Gasteiger partial charge in [0.2, 0.25) is 11.9 Å². The number of aliphatic carboxylic acids is 1. The van der Waals surface area contributed by atoms with Crippen LogP contribution in [0.5, 0.6) is 6.01 Å². The Hall–Kier alpha value is -6.18. The molecule has 3 amide bonds. The number of ether oxygens (including phenoxy) is 1. The van der Waals surface area contributed by atoms with E-state index in [1.807, 2.05) is 12.1 Å². The van der Waals surface area contributed by atoms with Crippen molar-refractivity contribution in [2.75, 3.05) is 29.1 Å². The Morgan fingerprint density at radius 3 is 2.12 bits per heavy atom. The molecular weight excluding hydrogens is 832 g/mol. The maximum atomic E-state index is 13.0. The molecule has 0 aliphatic heterocycles. The lowest BCUT2D eigenvalue weighted by atomic mass is 10.1. The number of rotatable bonds is 15. The maximum absolute atomic E-state index is 13.0. The largest absolute Gasteiger partial charge is 0.480 e. The second-order valence-corrected chi connectivity index (χ2v) is 13.8. The smallest absolute Gasteiger partial charge is 0.422 e. The second-order valence-electron chi connectivity index (χ2n) is 12.7. The minimum absolute atomic E-state index is 0.0514. The molecule has 58 heavy (non-hydrogen) atoms. The fourth-order valence-electron chi connectivity index (χ4n) is 5.40. The average molecular weight is 862 g/mol. The summed E-state index contributed by atoms with van der Waals surface area (Å²) in [5, 5.41) is 23.7. The van der Waals surface area contributed by atoms with Gasteiger partial charge < -0.3 is 36.4 Å². The summed E-state index contributed by atoms with van der Waals surface area (Å²) in [6.45, 7) is -1.92. The van der Waals surface area contributed by atoms with Gasteiger partial charge >= 0.3 is 30.0 Å². The molecule has 1 saturated carbocycles. The van der Waals surface area contributed by atoms with Crippen LogP contribution in [0.2, 0.25) is 15.3 Å². The third-order valence-corrected chi connectivity index (χ3v) is 9.47. The Bertz CT molecular complexity index is 2310. The number of aromatic nitrogens is 5. The number of carboxylic acids is 1. The molecule has 1 fully saturated rings. The first kappa shape index (κ1) is 41.5. The number of anilines is 4. The molecule has 16 nitrogen and oxygen atoms in total. The number of alkyl halides is 3. The number of halogens is 6. The van der Waals surface area contributed by atoms with Crippen molar-refractivity contribution in [3.05, 3.63) is 106 Å². The van der Waals surface area contributed by atoms with Crippen LogP contribution in [0.25, 0.3) is 5.69 Å². The van der Waals surface area contributed by atoms with Crippen molar-refractivity contribution in [1.82, 2.24) is 35.1 Å². The van der Waals surface area contributed by atoms with Gasteiger partial charge in [-0.15, -0.1) is 0 Å². The molecule has 302 valence electrons. The van der Waals surface area contributed by atoms with E-state index in [0.29, 0.717) is 29.2 Å². The van der Waals surface area contributed by atoms with E-state index in [1.165, 1.54) is 47.3 Å². The van der Waals surface area contributed by atoms with E-state index in [4.69, 9.17) is 39.5 Å². The van der Waals surface area contributed by atoms with Gasteiger partial charge in [0.05, 0.1) is 5.54 Å². The van der Waals surface area contributed by atoms with Gasteiger partial charge in [-0.25, -0.2) is 9.78 Å². The summed E-state index contributed by atoms with van der Waals surface area (Å²) in [7, 11) is 0. The van der Waals surface area contributed by atoms with Crippen molar-refractivity contribution >= 4 is 81.8 Å². The quantitative estimate of drug-likeness (QED) is 0.0656. The first-order chi connectivity index (χ1) is 27.6. The van der Waals surface area contributed by atoms with E-state index >= 15 is 0 Å². The fraction of sp³-hybridized carbons (Fsp3) is 0.222. The zero-order chi connectivity index (χ0) is 41.6. The van der Waals surface area contributed by atoms with Crippen molar-refractivity contribution in [1.29, 1.82) is 0 Å². The van der Waals surface area contributed by atoms with Crippen molar-refractivity contribution in [2.24, 2.45) is 0 Å². The van der Waals surface area contributed by atoms with Gasteiger partial charge in [0.25, 0.3) is 5.91 Å². The normalized spacial score (nSPS) is 13.5. The zero-order valence-corrected chi connectivity index (χ0v) is 31.9. The van der Waals surface area contributed by atoms with Crippen LogP contribution >= 0.6 is 34.8 Å². The Morgan fingerprint density at radius 1 is 0.862 bits per heavy atom. The number of hydrogen-bond acceptors (Lipinski definition) is 11. The summed E-state index contributed by atoms with van der Waals surface area (Å²) >= 11 is 18.0. The van der Waals surface area contributed by atoms with E-state index in [2.05, 4.69) is 46.5 Å². The van der Waals surface area contributed by atoms with Crippen LogP contribution in [-0.2, 0) is 19.9 Å². The molecule has 1 atom stereocenters. The van der Waals surface area contributed by atoms with Crippen LogP contribution in [0, 0.1) is 0 Å². The number of nitrogens with one attached hydrogen (secondary N) is 5. The van der Waals surface area contributed by atoms with Gasteiger partial charge in [-0.05, 0) is 85.5 Å². The lowest BCUT2D eigenvalue weighted by Gasteiger charge is -2.19. The number of carboxylic acid groups (broad SMARTS) is 1. The number of amides is 3. The zero-order valence-electron chi connectivity index (χ0n) is 29.6. The standard InChI is InChI=1S/C36H30Cl3F3N10O6/c37-21-5-3-20(4-6-21)35(14-15-35)51-33-48-32(49-34(50-33)58-17-36(40,41)42)46-23-7-1-19(2-8-23)28(53)47-25(31(56)57)13-16-43-29(54)30(55)45-22-9-11-24(12-10-22)52-18-44-26(38)27(52)39/h1-12,18,25H,13-17H2,(H,43,54)(H,45,55)(H,47,53)(H,56,57)(H2,46,48,49,50,51)/t25-/m0/s1. The Kier molecular flexibility index (Phi) is 12.5. The number of carbonyl (C=O) groups excluding carboxylic acids is 3. The Morgan fingerprint density at radius 2 is 1.52 bits per heavy atom. The molecule has 3 aromatic carbocycles. The average Bonchev–Trinajstić information content (AvgIpc) is 3.89. The van der Waals surface area contributed by atoms with Crippen molar-refractivity contribution in [2.45, 2.75) is 37.0 Å². The number of imidazole rings is 1. The molecule has 6 N–H and O–H groups in total. The van der Waals surface area contributed by atoms with E-state index in [1.54, 1.807) is 24.3 Å². The predicted octanol–water partition coefficient (Wildman–Crippen LogP) is 6.13. The van der Waals surface area contributed by atoms with Crippen molar-refractivity contribution in [3.63, 3.8) is 0 Å². The highest BCUT2D eigenvalue weighted by Crippen LogP contribution is 2.48. The first-order valence-corrected chi connectivity index (χ1v) is 18.2. The number of carbonyl (C=O) groups is 4. The minimum Gasteiger partial charge on any atom is -0.480 e. The van der Waals surface area contributed by atoms with Gasteiger partial charge in [0, 0.05) is 34.2 Å². The van der Waals surface area contributed by atoms with Crippen molar-refractivity contribution < 1.29 is 42.2 Å². The molecule has 2 aromatic heterocycles. The molecule has 2 heterocycles. The van der Waals surface area contributed by atoms with Crippen molar-refractivity contribution in [3.8, 4) is 11.7 Å². The fourth-order valence-corrected chi connectivity index (χ4v) is 5.85. The summed E-state index contributed by atoms with van der Waals surface area (Å²) in [6, 6.07) is 16.9. The van der Waals surface area contributed by atoms with E-state index < -0.39 is 54.1 Å². The summed E-state index contributed by atoms with van der Waals surface area (Å²) in [5.74, 6) is -4.43. The molecule has 0 saturated heterocycles.